The molecule has 0 aromatic carbocycles. The summed E-state index contributed by atoms with van der Waals surface area (Å²) in [4.78, 5) is 0. The topological polar surface area (TPSA) is 12.0 Å². The molecule has 1 nitrogen and oxygen atoms in total. The van der Waals surface area contributed by atoms with E-state index < -0.39 is 0 Å². The van der Waals surface area contributed by atoms with Crippen LogP contribution in [-0.4, -0.2) is 12.6 Å². The zero-order chi connectivity index (χ0) is 12.3. The molecule has 2 rings (SSSR count). The second-order valence-electron chi connectivity index (χ2n) is 7.03. The minimum atomic E-state index is 0.545. The van der Waals surface area contributed by atoms with Crippen LogP contribution >= 0.6 is 0 Å². The molecular weight excluding hydrogens is 206 g/mol. The largest absolute Gasteiger partial charge is 0.314 e. The van der Waals surface area contributed by atoms with Crippen LogP contribution in [0.2, 0.25) is 0 Å². The molecule has 2 aliphatic rings. The third-order valence-corrected chi connectivity index (χ3v) is 5.22. The van der Waals surface area contributed by atoms with Gasteiger partial charge in [-0.05, 0) is 49.5 Å². The summed E-state index contributed by atoms with van der Waals surface area (Å²) >= 11 is 0. The Hall–Kier alpha value is -0.0400. The van der Waals surface area contributed by atoms with E-state index in [0.717, 1.165) is 17.9 Å². The predicted octanol–water partition coefficient (Wildman–Crippen LogP) is 4.37. The first kappa shape index (κ1) is 13.4. The fraction of sp³-hybridized carbons (Fsp3) is 1.00. The minimum absolute atomic E-state index is 0.545. The lowest BCUT2D eigenvalue weighted by atomic mass is 9.63. The summed E-state index contributed by atoms with van der Waals surface area (Å²) in [5.41, 5.74) is 0.545. The maximum absolute atomic E-state index is 3.68. The highest BCUT2D eigenvalue weighted by Gasteiger charge is 2.36. The van der Waals surface area contributed by atoms with Crippen molar-refractivity contribution in [2.75, 3.05) is 6.54 Å². The number of nitrogens with one attached hydrogen (secondary N) is 1. The number of rotatable bonds is 6. The fourth-order valence-corrected chi connectivity index (χ4v) is 3.80. The first-order valence-electron chi connectivity index (χ1n) is 7.87. The SMILES string of the molecule is CCC1CCCCC1C(C)(C)CCNC1CC1. The van der Waals surface area contributed by atoms with Gasteiger partial charge in [0.25, 0.3) is 0 Å². The molecule has 17 heavy (non-hydrogen) atoms. The Labute approximate surface area is 108 Å². The maximum atomic E-state index is 3.68. The molecule has 2 fully saturated rings. The van der Waals surface area contributed by atoms with Gasteiger partial charge in [-0.2, -0.15) is 0 Å². The molecule has 1 heteroatoms. The Morgan fingerprint density at radius 1 is 1.06 bits per heavy atom. The fourth-order valence-electron chi connectivity index (χ4n) is 3.80. The second-order valence-corrected chi connectivity index (χ2v) is 7.03. The van der Waals surface area contributed by atoms with Crippen molar-refractivity contribution in [3.63, 3.8) is 0 Å². The summed E-state index contributed by atoms with van der Waals surface area (Å²) in [7, 11) is 0. The number of hydrogen-bond acceptors (Lipinski definition) is 1. The Balaban J connectivity index is 1.82. The van der Waals surface area contributed by atoms with Crippen molar-refractivity contribution in [3.05, 3.63) is 0 Å². The molecule has 0 spiro atoms. The Morgan fingerprint density at radius 3 is 2.41 bits per heavy atom. The minimum Gasteiger partial charge on any atom is -0.314 e. The lowest BCUT2D eigenvalue weighted by Gasteiger charge is -2.42. The summed E-state index contributed by atoms with van der Waals surface area (Å²) in [5, 5.41) is 3.68. The quantitative estimate of drug-likeness (QED) is 0.723. The van der Waals surface area contributed by atoms with E-state index in [9.17, 15) is 0 Å². The van der Waals surface area contributed by atoms with Crippen LogP contribution in [0, 0.1) is 17.3 Å². The van der Waals surface area contributed by atoms with Crippen molar-refractivity contribution in [1.82, 2.24) is 5.32 Å². The van der Waals surface area contributed by atoms with E-state index in [-0.39, 0.29) is 0 Å². The zero-order valence-electron chi connectivity index (χ0n) is 12.1. The average Bonchev–Trinajstić information content (AvgIpc) is 3.13. The standard InChI is InChI=1S/C16H31N/c1-4-13-7-5-6-8-15(13)16(2,3)11-12-17-14-9-10-14/h13-15,17H,4-12H2,1-3H3. The summed E-state index contributed by atoms with van der Waals surface area (Å²) in [6.07, 6.45) is 11.5. The Bertz CT molecular complexity index is 230. The van der Waals surface area contributed by atoms with Crippen molar-refractivity contribution in [1.29, 1.82) is 0 Å². The predicted molar refractivity (Wildman–Crippen MR) is 75.2 cm³/mol. The summed E-state index contributed by atoms with van der Waals surface area (Å²) in [6, 6.07) is 0.874. The van der Waals surface area contributed by atoms with Crippen molar-refractivity contribution in [3.8, 4) is 0 Å². The van der Waals surface area contributed by atoms with E-state index in [1.54, 1.807) is 0 Å². The lowest BCUT2D eigenvalue weighted by Crippen LogP contribution is -2.35. The molecule has 2 atom stereocenters. The van der Waals surface area contributed by atoms with E-state index >= 15 is 0 Å². The smallest absolute Gasteiger partial charge is 0.00682 e. The van der Waals surface area contributed by atoms with Gasteiger partial charge in [0.15, 0.2) is 0 Å². The van der Waals surface area contributed by atoms with Crippen molar-refractivity contribution < 1.29 is 0 Å². The van der Waals surface area contributed by atoms with E-state index in [4.69, 9.17) is 0 Å². The van der Waals surface area contributed by atoms with Crippen molar-refractivity contribution in [2.45, 2.75) is 78.2 Å². The molecule has 0 radical (unpaired) electrons. The maximum Gasteiger partial charge on any atom is 0.00682 e. The van der Waals surface area contributed by atoms with Gasteiger partial charge < -0.3 is 5.32 Å². The van der Waals surface area contributed by atoms with E-state index in [2.05, 4.69) is 26.1 Å². The monoisotopic (exact) mass is 237 g/mol. The van der Waals surface area contributed by atoms with Crippen LogP contribution < -0.4 is 5.32 Å². The highest BCUT2D eigenvalue weighted by atomic mass is 14.9. The van der Waals surface area contributed by atoms with Crippen molar-refractivity contribution in [2.24, 2.45) is 17.3 Å². The van der Waals surface area contributed by atoms with E-state index in [0.29, 0.717) is 5.41 Å². The lowest BCUT2D eigenvalue weighted by molar-refractivity contribution is 0.0815. The van der Waals surface area contributed by atoms with Crippen molar-refractivity contribution >= 4 is 0 Å². The molecule has 0 amide bonds. The van der Waals surface area contributed by atoms with Gasteiger partial charge in [0.1, 0.15) is 0 Å². The highest BCUT2D eigenvalue weighted by Crippen LogP contribution is 2.45. The molecule has 1 N–H and O–H groups in total. The first-order chi connectivity index (χ1) is 8.13. The van der Waals surface area contributed by atoms with Crippen LogP contribution in [0.15, 0.2) is 0 Å². The van der Waals surface area contributed by atoms with Gasteiger partial charge in [0.05, 0.1) is 0 Å². The van der Waals surface area contributed by atoms with Gasteiger partial charge in [0.2, 0.25) is 0 Å². The zero-order valence-corrected chi connectivity index (χ0v) is 12.1. The van der Waals surface area contributed by atoms with Crippen LogP contribution in [0.25, 0.3) is 0 Å². The highest BCUT2D eigenvalue weighted by molar-refractivity contribution is 4.88. The van der Waals surface area contributed by atoms with E-state index in [1.807, 2.05) is 0 Å². The van der Waals surface area contributed by atoms with Crippen LogP contribution in [0.1, 0.15) is 72.1 Å². The van der Waals surface area contributed by atoms with Crippen LogP contribution in [-0.2, 0) is 0 Å². The summed E-state index contributed by atoms with van der Waals surface area (Å²) in [6.45, 7) is 8.66. The molecule has 0 aromatic rings. The normalized spacial score (nSPS) is 30.5. The summed E-state index contributed by atoms with van der Waals surface area (Å²) < 4.78 is 0. The number of hydrogen-bond donors (Lipinski definition) is 1. The molecule has 2 saturated carbocycles. The van der Waals surface area contributed by atoms with Crippen LogP contribution in [0.5, 0.6) is 0 Å². The van der Waals surface area contributed by atoms with Gasteiger partial charge >= 0.3 is 0 Å². The van der Waals surface area contributed by atoms with Crippen LogP contribution in [0.4, 0.5) is 0 Å². The molecular formula is C16H31N. The summed E-state index contributed by atoms with van der Waals surface area (Å²) in [5.74, 6) is 1.97. The van der Waals surface area contributed by atoms with Crippen LogP contribution in [0.3, 0.4) is 0 Å². The molecule has 100 valence electrons. The molecule has 2 aliphatic carbocycles. The van der Waals surface area contributed by atoms with Gasteiger partial charge in [-0.1, -0.05) is 46.5 Å². The van der Waals surface area contributed by atoms with Gasteiger partial charge in [0, 0.05) is 6.04 Å². The van der Waals surface area contributed by atoms with Gasteiger partial charge in [-0.3, -0.25) is 0 Å². The van der Waals surface area contributed by atoms with Gasteiger partial charge in [-0.15, -0.1) is 0 Å². The average molecular weight is 237 g/mol. The molecule has 0 heterocycles. The second kappa shape index (κ2) is 5.73. The van der Waals surface area contributed by atoms with Gasteiger partial charge in [-0.25, -0.2) is 0 Å². The molecule has 2 unspecified atom stereocenters. The third-order valence-electron chi connectivity index (χ3n) is 5.22. The molecule has 0 aromatic heterocycles. The Morgan fingerprint density at radius 2 is 1.76 bits per heavy atom. The van der Waals surface area contributed by atoms with E-state index in [1.165, 1.54) is 57.9 Å². The first-order valence-corrected chi connectivity index (χ1v) is 7.87. The molecule has 0 bridgehead atoms. The molecule has 0 aliphatic heterocycles. The Kier molecular flexibility index (Phi) is 4.52. The molecule has 0 saturated heterocycles. The third kappa shape index (κ3) is 3.71.